The molecule has 1 atom stereocenters. The van der Waals surface area contributed by atoms with Crippen LogP contribution >= 0.6 is 15.9 Å². The molecule has 0 bridgehead atoms. The zero-order valence-corrected chi connectivity index (χ0v) is 13.1. The van der Waals surface area contributed by atoms with Gasteiger partial charge in [0.15, 0.2) is 0 Å². The molecule has 18 heavy (non-hydrogen) atoms. The second kappa shape index (κ2) is 5.72. The molecule has 0 aromatic heterocycles. The van der Waals surface area contributed by atoms with E-state index in [2.05, 4.69) is 71.4 Å². The lowest BCUT2D eigenvalue weighted by molar-refractivity contribution is 0.0576. The molecule has 0 spiro atoms. The SMILES string of the molecule is CC(NCC1(N(C)C)CCC1)c1ccc(Br)cc1. The molecule has 0 saturated heterocycles. The van der Waals surface area contributed by atoms with Crippen LogP contribution in [-0.4, -0.2) is 31.1 Å². The Hall–Kier alpha value is -0.380. The van der Waals surface area contributed by atoms with E-state index in [0.29, 0.717) is 11.6 Å². The fourth-order valence-electron chi connectivity index (χ4n) is 2.58. The summed E-state index contributed by atoms with van der Waals surface area (Å²) in [6, 6.07) is 9.00. The summed E-state index contributed by atoms with van der Waals surface area (Å²) in [5.74, 6) is 0. The van der Waals surface area contributed by atoms with Crippen molar-refractivity contribution in [1.82, 2.24) is 10.2 Å². The Kier molecular flexibility index (Phi) is 4.46. The van der Waals surface area contributed by atoms with Crippen LogP contribution in [0.25, 0.3) is 0 Å². The van der Waals surface area contributed by atoms with E-state index in [4.69, 9.17) is 0 Å². The van der Waals surface area contributed by atoms with Gasteiger partial charge >= 0.3 is 0 Å². The van der Waals surface area contributed by atoms with Crippen molar-refractivity contribution in [3.8, 4) is 0 Å². The molecule has 0 radical (unpaired) electrons. The van der Waals surface area contributed by atoms with Gasteiger partial charge in [-0.15, -0.1) is 0 Å². The average molecular weight is 311 g/mol. The topological polar surface area (TPSA) is 15.3 Å². The van der Waals surface area contributed by atoms with Gasteiger partial charge in [0.2, 0.25) is 0 Å². The third-order valence-electron chi connectivity index (χ3n) is 4.34. The highest BCUT2D eigenvalue weighted by molar-refractivity contribution is 9.10. The van der Waals surface area contributed by atoms with Crippen LogP contribution in [0.2, 0.25) is 0 Å². The molecule has 0 heterocycles. The molecule has 1 saturated carbocycles. The van der Waals surface area contributed by atoms with Crippen LogP contribution in [-0.2, 0) is 0 Å². The number of nitrogens with one attached hydrogen (secondary N) is 1. The Bertz CT molecular complexity index is 382. The first-order valence-electron chi connectivity index (χ1n) is 6.70. The number of benzene rings is 1. The van der Waals surface area contributed by atoms with E-state index in [9.17, 15) is 0 Å². The van der Waals surface area contributed by atoms with Crippen molar-refractivity contribution >= 4 is 15.9 Å². The van der Waals surface area contributed by atoms with Crippen LogP contribution in [0.1, 0.15) is 37.8 Å². The molecule has 0 aliphatic heterocycles. The van der Waals surface area contributed by atoms with Gasteiger partial charge in [0.05, 0.1) is 0 Å². The fraction of sp³-hybridized carbons (Fsp3) is 0.600. The molecule has 2 nitrogen and oxygen atoms in total. The van der Waals surface area contributed by atoms with E-state index in [1.54, 1.807) is 0 Å². The molecule has 1 aromatic carbocycles. The Balaban J connectivity index is 1.91. The van der Waals surface area contributed by atoms with E-state index in [0.717, 1.165) is 11.0 Å². The molecule has 100 valence electrons. The van der Waals surface area contributed by atoms with Gasteiger partial charge in [0.1, 0.15) is 0 Å². The number of hydrogen-bond donors (Lipinski definition) is 1. The summed E-state index contributed by atoms with van der Waals surface area (Å²) in [6.07, 6.45) is 4.01. The van der Waals surface area contributed by atoms with Crippen LogP contribution in [0, 0.1) is 0 Å². The Morgan fingerprint density at radius 2 is 1.89 bits per heavy atom. The molecular formula is C15H23BrN2. The largest absolute Gasteiger partial charge is 0.308 e. The number of rotatable bonds is 5. The first-order valence-corrected chi connectivity index (χ1v) is 7.49. The lowest BCUT2D eigenvalue weighted by Crippen LogP contribution is -2.56. The number of hydrogen-bond acceptors (Lipinski definition) is 2. The molecular weight excluding hydrogens is 288 g/mol. The maximum Gasteiger partial charge on any atom is 0.0328 e. The first-order chi connectivity index (χ1) is 8.53. The van der Waals surface area contributed by atoms with Crippen molar-refractivity contribution in [2.24, 2.45) is 0 Å². The molecule has 1 aromatic rings. The summed E-state index contributed by atoms with van der Waals surface area (Å²) < 4.78 is 1.14. The minimum Gasteiger partial charge on any atom is -0.308 e. The Morgan fingerprint density at radius 1 is 1.28 bits per heavy atom. The minimum absolute atomic E-state index is 0.392. The van der Waals surface area contributed by atoms with Gasteiger partial charge in [0, 0.05) is 22.6 Å². The second-order valence-corrected chi connectivity index (χ2v) is 6.54. The predicted octanol–water partition coefficient (Wildman–Crippen LogP) is 3.58. The van der Waals surface area contributed by atoms with Crippen LogP contribution in [0.15, 0.2) is 28.7 Å². The first kappa shape index (κ1) is 14.0. The molecule has 2 rings (SSSR count). The van der Waals surface area contributed by atoms with Crippen molar-refractivity contribution < 1.29 is 0 Å². The number of nitrogens with zero attached hydrogens (tertiary/aromatic N) is 1. The van der Waals surface area contributed by atoms with Crippen molar-refractivity contribution in [3.63, 3.8) is 0 Å². The van der Waals surface area contributed by atoms with Crippen LogP contribution in [0.5, 0.6) is 0 Å². The lowest BCUT2D eigenvalue weighted by Gasteiger charge is -2.48. The summed E-state index contributed by atoms with van der Waals surface area (Å²) in [4.78, 5) is 2.39. The maximum atomic E-state index is 3.69. The van der Waals surface area contributed by atoms with Crippen molar-refractivity contribution in [2.75, 3.05) is 20.6 Å². The minimum atomic E-state index is 0.392. The average Bonchev–Trinajstić information content (AvgIpc) is 2.27. The summed E-state index contributed by atoms with van der Waals surface area (Å²) in [5.41, 5.74) is 1.75. The second-order valence-electron chi connectivity index (χ2n) is 5.63. The lowest BCUT2D eigenvalue weighted by atomic mass is 9.75. The standard InChI is InChI=1S/C15H23BrN2/c1-12(13-5-7-14(16)8-6-13)17-11-15(18(2)3)9-4-10-15/h5-8,12,17H,4,9-11H2,1-3H3. The molecule has 1 unspecified atom stereocenters. The van der Waals surface area contributed by atoms with E-state index in [1.807, 2.05) is 0 Å². The highest BCUT2D eigenvalue weighted by atomic mass is 79.9. The summed E-state index contributed by atoms with van der Waals surface area (Å²) in [6.45, 7) is 3.32. The third-order valence-corrected chi connectivity index (χ3v) is 4.87. The molecule has 1 aliphatic rings. The summed E-state index contributed by atoms with van der Waals surface area (Å²) in [5, 5.41) is 3.69. The van der Waals surface area contributed by atoms with Crippen molar-refractivity contribution in [1.29, 1.82) is 0 Å². The summed E-state index contributed by atoms with van der Waals surface area (Å²) >= 11 is 3.48. The van der Waals surface area contributed by atoms with E-state index in [1.165, 1.54) is 24.8 Å². The zero-order valence-electron chi connectivity index (χ0n) is 11.5. The van der Waals surface area contributed by atoms with E-state index < -0.39 is 0 Å². The van der Waals surface area contributed by atoms with Crippen LogP contribution < -0.4 is 5.32 Å². The van der Waals surface area contributed by atoms with Crippen LogP contribution in [0.4, 0.5) is 0 Å². The van der Waals surface area contributed by atoms with Gasteiger partial charge in [-0.25, -0.2) is 0 Å². The van der Waals surface area contributed by atoms with Crippen molar-refractivity contribution in [3.05, 3.63) is 34.3 Å². The zero-order chi connectivity index (χ0) is 13.2. The van der Waals surface area contributed by atoms with Gasteiger partial charge in [-0.3, -0.25) is 0 Å². The molecule has 1 aliphatic carbocycles. The van der Waals surface area contributed by atoms with Gasteiger partial charge in [-0.05, 0) is 58.0 Å². The molecule has 1 fully saturated rings. The van der Waals surface area contributed by atoms with E-state index in [-0.39, 0.29) is 0 Å². The Labute approximate surface area is 119 Å². The van der Waals surface area contributed by atoms with Gasteiger partial charge in [-0.2, -0.15) is 0 Å². The normalized spacial score (nSPS) is 19.6. The van der Waals surface area contributed by atoms with Gasteiger partial charge < -0.3 is 10.2 Å². The fourth-order valence-corrected chi connectivity index (χ4v) is 2.84. The third kappa shape index (κ3) is 2.95. The van der Waals surface area contributed by atoms with Gasteiger partial charge in [0.25, 0.3) is 0 Å². The maximum absolute atomic E-state index is 3.69. The quantitative estimate of drug-likeness (QED) is 0.894. The van der Waals surface area contributed by atoms with Crippen LogP contribution in [0.3, 0.4) is 0 Å². The monoisotopic (exact) mass is 310 g/mol. The number of halogens is 1. The van der Waals surface area contributed by atoms with E-state index >= 15 is 0 Å². The highest BCUT2D eigenvalue weighted by Crippen LogP contribution is 2.35. The Morgan fingerprint density at radius 3 is 2.33 bits per heavy atom. The molecule has 0 amide bonds. The predicted molar refractivity (Wildman–Crippen MR) is 80.8 cm³/mol. The molecule has 1 N–H and O–H groups in total. The molecule has 3 heteroatoms. The highest BCUT2D eigenvalue weighted by Gasteiger charge is 2.38. The summed E-state index contributed by atoms with van der Waals surface area (Å²) in [7, 11) is 4.40. The smallest absolute Gasteiger partial charge is 0.0328 e. The number of likely N-dealkylation sites (N-methyl/N-ethyl adjacent to an activating group) is 1. The van der Waals surface area contributed by atoms with Gasteiger partial charge in [-0.1, -0.05) is 28.1 Å². The van der Waals surface area contributed by atoms with Crippen molar-refractivity contribution in [2.45, 2.75) is 37.8 Å².